The molecule has 1 saturated heterocycles. The van der Waals surface area contributed by atoms with Gasteiger partial charge in [0.1, 0.15) is 5.60 Å². The number of carbonyl (C=O) groups is 2. The number of nitrogens with zero attached hydrogens (tertiary/aromatic N) is 4. The predicted molar refractivity (Wildman–Crippen MR) is 135 cm³/mol. The molecule has 3 heterocycles. The Morgan fingerprint density at radius 1 is 1.03 bits per heavy atom. The number of thiophene rings is 1. The molecular weight excluding hydrogens is 488 g/mol. The van der Waals surface area contributed by atoms with Crippen molar-refractivity contribution in [2.24, 2.45) is 5.41 Å². The summed E-state index contributed by atoms with van der Waals surface area (Å²) in [4.78, 5) is 29.4. The van der Waals surface area contributed by atoms with E-state index in [4.69, 9.17) is 4.74 Å². The number of hydrogen-bond donors (Lipinski definition) is 1. The molecule has 0 saturated carbocycles. The zero-order valence-corrected chi connectivity index (χ0v) is 21.3. The summed E-state index contributed by atoms with van der Waals surface area (Å²) in [6, 6.07) is 22.0. The number of amides is 2. The Labute approximate surface area is 218 Å². The molecule has 2 aromatic carbocycles. The third-order valence-corrected chi connectivity index (χ3v) is 7.82. The van der Waals surface area contributed by atoms with Gasteiger partial charge in [0.05, 0.1) is 29.8 Å². The Hall–Kier alpha value is -4.02. The quantitative estimate of drug-likeness (QED) is 0.482. The number of imide groups is 1. The average molecular weight is 513 g/mol. The van der Waals surface area contributed by atoms with E-state index in [2.05, 4.69) is 12.1 Å². The van der Waals surface area contributed by atoms with Gasteiger partial charge in [-0.2, -0.15) is 15.6 Å². The predicted octanol–water partition coefficient (Wildman–Crippen LogP) is 5.49. The van der Waals surface area contributed by atoms with Crippen LogP contribution in [0.3, 0.4) is 0 Å². The first kappa shape index (κ1) is 24.7. The topological polar surface area (TPSA) is 118 Å². The molecule has 37 heavy (non-hydrogen) atoms. The van der Waals surface area contributed by atoms with Crippen LogP contribution >= 0.6 is 11.3 Å². The van der Waals surface area contributed by atoms with Crippen LogP contribution < -0.4 is 4.90 Å². The van der Waals surface area contributed by atoms with Gasteiger partial charge in [0.2, 0.25) is 0 Å². The van der Waals surface area contributed by atoms with Gasteiger partial charge in [-0.05, 0) is 43.8 Å². The van der Waals surface area contributed by atoms with Crippen LogP contribution in [0.1, 0.15) is 48.7 Å². The van der Waals surface area contributed by atoms with E-state index < -0.39 is 40.5 Å². The molecule has 3 atom stereocenters. The van der Waals surface area contributed by atoms with Crippen molar-refractivity contribution in [3.8, 4) is 12.1 Å². The third-order valence-electron chi connectivity index (χ3n) is 6.88. The Balaban J connectivity index is 1.84. The molecule has 9 heteroatoms. The summed E-state index contributed by atoms with van der Waals surface area (Å²) in [7, 11) is 0. The van der Waals surface area contributed by atoms with Gasteiger partial charge in [0.25, 0.3) is 5.91 Å². The lowest BCUT2D eigenvalue weighted by atomic mass is 9.65. The molecule has 2 aliphatic rings. The van der Waals surface area contributed by atoms with Crippen molar-refractivity contribution >= 4 is 29.0 Å². The van der Waals surface area contributed by atoms with Crippen molar-refractivity contribution in [2.45, 2.75) is 43.9 Å². The van der Waals surface area contributed by atoms with Crippen LogP contribution in [0.2, 0.25) is 0 Å². The van der Waals surface area contributed by atoms with E-state index in [0.29, 0.717) is 16.0 Å². The normalized spacial score (nSPS) is 24.5. The highest BCUT2D eigenvalue weighted by Gasteiger charge is 2.76. The van der Waals surface area contributed by atoms with Crippen molar-refractivity contribution < 1.29 is 19.5 Å². The summed E-state index contributed by atoms with van der Waals surface area (Å²) >= 11 is 1.28. The SMILES string of the molecule is CC(C)(C)OC(=O)N1C(=O)[C@]2(c3ccccc31)[C@H](c1cccs1)C(C#N)(C#N)[C@@H](c1ccccc1)N2O. The maximum Gasteiger partial charge on any atom is 0.421 e. The smallest absolute Gasteiger partial charge is 0.421 e. The van der Waals surface area contributed by atoms with Crippen LogP contribution in [0.25, 0.3) is 0 Å². The minimum absolute atomic E-state index is 0.237. The summed E-state index contributed by atoms with van der Waals surface area (Å²) in [5, 5.41) is 35.9. The number of fused-ring (bicyclic) bond motifs is 2. The van der Waals surface area contributed by atoms with E-state index in [1.165, 1.54) is 11.3 Å². The number of rotatable bonds is 2. The standard InChI is InChI=1S/C28H24N4O4S/c1-26(2,3)36-25(34)31-20-13-8-7-12-19(20)28(24(31)33)22(21-14-9-15-37-21)27(16-29,17-30)23(32(28)35)18-10-5-4-6-11-18/h4-15,22-23,35H,1-3H3/t22-,23-,28+/m1/s1. The number of anilines is 1. The molecule has 1 spiro atoms. The molecule has 3 aromatic rings. The second-order valence-electron chi connectivity index (χ2n) is 10.1. The van der Waals surface area contributed by atoms with Crippen LogP contribution in [0.15, 0.2) is 72.1 Å². The highest BCUT2D eigenvalue weighted by Crippen LogP contribution is 2.68. The van der Waals surface area contributed by atoms with E-state index in [0.717, 1.165) is 9.96 Å². The lowest BCUT2D eigenvalue weighted by Gasteiger charge is -2.35. The van der Waals surface area contributed by atoms with Crippen molar-refractivity contribution in [1.82, 2.24) is 5.06 Å². The van der Waals surface area contributed by atoms with Crippen LogP contribution in [-0.2, 0) is 15.1 Å². The van der Waals surface area contributed by atoms with Gasteiger partial charge in [-0.25, -0.2) is 9.69 Å². The van der Waals surface area contributed by atoms with E-state index >= 15 is 0 Å². The zero-order valence-electron chi connectivity index (χ0n) is 20.5. The monoisotopic (exact) mass is 512 g/mol. The van der Waals surface area contributed by atoms with Gasteiger partial charge >= 0.3 is 6.09 Å². The van der Waals surface area contributed by atoms with Crippen molar-refractivity contribution in [1.29, 1.82) is 10.5 Å². The van der Waals surface area contributed by atoms with Crippen molar-refractivity contribution in [2.75, 3.05) is 4.90 Å². The number of ether oxygens (including phenoxy) is 1. The fraction of sp³-hybridized carbons (Fsp3) is 0.286. The number of para-hydroxylation sites is 1. The summed E-state index contributed by atoms with van der Waals surface area (Å²) in [6.45, 7) is 5.08. The molecule has 8 nitrogen and oxygen atoms in total. The molecule has 0 bridgehead atoms. The zero-order chi connectivity index (χ0) is 26.6. The first-order valence-corrected chi connectivity index (χ1v) is 12.6. The van der Waals surface area contributed by atoms with E-state index in [1.54, 1.807) is 92.9 Å². The minimum atomic E-state index is -1.94. The highest BCUT2D eigenvalue weighted by molar-refractivity contribution is 7.10. The van der Waals surface area contributed by atoms with E-state index in [1.807, 2.05) is 0 Å². The number of benzene rings is 2. The molecule has 1 N–H and O–H groups in total. The largest absolute Gasteiger partial charge is 0.443 e. The molecule has 0 unspecified atom stereocenters. The molecule has 1 aromatic heterocycles. The first-order chi connectivity index (χ1) is 17.6. The Bertz CT molecular complexity index is 1440. The lowest BCUT2D eigenvalue weighted by Crippen LogP contribution is -2.53. The number of hydroxylamine groups is 2. The van der Waals surface area contributed by atoms with Gasteiger partial charge in [0, 0.05) is 10.4 Å². The summed E-state index contributed by atoms with van der Waals surface area (Å²) in [5.41, 5.74) is -3.66. The summed E-state index contributed by atoms with van der Waals surface area (Å²) < 4.78 is 5.57. The maximum absolute atomic E-state index is 14.5. The Morgan fingerprint density at radius 3 is 2.27 bits per heavy atom. The molecule has 5 rings (SSSR count). The van der Waals surface area contributed by atoms with Crippen LogP contribution in [-0.4, -0.2) is 27.9 Å². The lowest BCUT2D eigenvalue weighted by molar-refractivity contribution is -0.189. The van der Waals surface area contributed by atoms with Crippen molar-refractivity contribution in [3.63, 3.8) is 0 Å². The number of carbonyl (C=O) groups excluding carboxylic acids is 2. The second-order valence-corrected chi connectivity index (χ2v) is 11.1. The molecule has 2 aliphatic heterocycles. The van der Waals surface area contributed by atoms with Crippen LogP contribution in [0.5, 0.6) is 0 Å². The van der Waals surface area contributed by atoms with Crippen molar-refractivity contribution in [3.05, 3.63) is 88.1 Å². The fourth-order valence-corrected chi connectivity index (χ4v) is 6.56. The summed E-state index contributed by atoms with van der Waals surface area (Å²) in [6.07, 6.45) is -0.900. The van der Waals surface area contributed by atoms with Gasteiger partial charge in [-0.1, -0.05) is 54.6 Å². The number of nitriles is 2. The molecule has 186 valence electrons. The third kappa shape index (κ3) is 3.32. The van der Waals surface area contributed by atoms with Crippen LogP contribution in [0, 0.1) is 28.1 Å². The first-order valence-electron chi connectivity index (χ1n) is 11.7. The maximum atomic E-state index is 14.5. The minimum Gasteiger partial charge on any atom is -0.443 e. The Morgan fingerprint density at radius 2 is 1.68 bits per heavy atom. The van der Waals surface area contributed by atoms with Gasteiger partial charge in [-0.3, -0.25) is 4.79 Å². The molecule has 0 radical (unpaired) electrons. The summed E-state index contributed by atoms with van der Waals surface area (Å²) in [5.74, 6) is -1.90. The number of hydrogen-bond acceptors (Lipinski definition) is 8. The second kappa shape index (κ2) is 8.53. The van der Waals surface area contributed by atoms with Gasteiger partial charge in [-0.15, -0.1) is 11.3 Å². The van der Waals surface area contributed by atoms with E-state index in [-0.39, 0.29) is 5.69 Å². The van der Waals surface area contributed by atoms with E-state index in [9.17, 15) is 25.3 Å². The average Bonchev–Trinajstić information content (AvgIpc) is 3.53. The molecule has 1 fully saturated rings. The molecule has 0 aliphatic carbocycles. The molecule has 2 amide bonds. The van der Waals surface area contributed by atoms with Gasteiger partial charge < -0.3 is 9.94 Å². The van der Waals surface area contributed by atoms with Crippen LogP contribution in [0.4, 0.5) is 10.5 Å². The highest BCUT2D eigenvalue weighted by atomic mass is 32.1. The Kier molecular flexibility index (Phi) is 5.69. The van der Waals surface area contributed by atoms with Gasteiger partial charge in [0.15, 0.2) is 11.0 Å². The fourth-order valence-electron chi connectivity index (χ4n) is 5.59. The molecular formula is C28H24N4O4S.